The molecular weight excluding hydrogens is 589 g/mol. The second kappa shape index (κ2) is 14.1. The molecule has 0 aliphatic carbocycles. The summed E-state index contributed by atoms with van der Waals surface area (Å²) in [5.41, 5.74) is 2.03. The van der Waals surface area contributed by atoms with Gasteiger partial charge in [0.2, 0.25) is 5.91 Å². The fourth-order valence-corrected chi connectivity index (χ4v) is 4.91. The van der Waals surface area contributed by atoms with E-state index in [0.717, 1.165) is 4.90 Å². The van der Waals surface area contributed by atoms with Crippen LogP contribution in [-0.2, 0) is 9.59 Å². The Labute approximate surface area is 250 Å². The summed E-state index contributed by atoms with van der Waals surface area (Å²) < 4.78 is 0. The van der Waals surface area contributed by atoms with E-state index in [4.69, 9.17) is 34.8 Å². The van der Waals surface area contributed by atoms with Crippen LogP contribution in [0.15, 0.2) is 108 Å². The van der Waals surface area contributed by atoms with Crippen LogP contribution in [0.4, 0.5) is 11.4 Å². The Kier molecular flexibility index (Phi) is 10.3. The number of anilines is 2. The molecule has 0 heterocycles. The zero-order valence-electron chi connectivity index (χ0n) is 20.8. The Morgan fingerprint density at radius 2 is 1.38 bits per heavy atom. The highest BCUT2D eigenvalue weighted by atomic mass is 35.5. The number of thioether (sulfide) groups is 1. The van der Waals surface area contributed by atoms with Crippen molar-refractivity contribution in [2.75, 3.05) is 16.4 Å². The molecule has 4 aromatic rings. The lowest BCUT2D eigenvalue weighted by atomic mass is 10.1. The predicted octanol–water partition coefficient (Wildman–Crippen LogP) is 7.79. The largest absolute Gasteiger partial charge is 0.325 e. The smallest absolute Gasteiger partial charge is 0.272 e. The van der Waals surface area contributed by atoms with Crippen molar-refractivity contribution >= 4 is 81.7 Å². The van der Waals surface area contributed by atoms with Gasteiger partial charge in [0.15, 0.2) is 0 Å². The lowest BCUT2D eigenvalue weighted by Crippen LogP contribution is -2.30. The van der Waals surface area contributed by atoms with Gasteiger partial charge in [-0.2, -0.15) is 0 Å². The Hall–Kier alpha value is -3.75. The van der Waals surface area contributed by atoms with Crippen LogP contribution in [0.5, 0.6) is 0 Å². The van der Waals surface area contributed by atoms with Crippen LogP contribution in [0.1, 0.15) is 15.9 Å². The number of hydrogen-bond donors (Lipinski definition) is 3. The highest BCUT2D eigenvalue weighted by molar-refractivity contribution is 8.00. The molecule has 10 heteroatoms. The minimum Gasteiger partial charge on any atom is -0.325 e. The molecule has 0 saturated carbocycles. The summed E-state index contributed by atoms with van der Waals surface area (Å²) in [6, 6.07) is 27.4. The van der Waals surface area contributed by atoms with Crippen LogP contribution in [0.25, 0.3) is 6.08 Å². The molecule has 0 atom stereocenters. The third-order valence-corrected chi connectivity index (χ3v) is 7.15. The molecule has 0 aliphatic rings. The number of nitrogens with one attached hydrogen (secondary N) is 3. The average Bonchev–Trinajstić information content (AvgIpc) is 2.93. The van der Waals surface area contributed by atoms with Crippen molar-refractivity contribution < 1.29 is 14.4 Å². The maximum absolute atomic E-state index is 13.2. The Morgan fingerprint density at radius 3 is 2.05 bits per heavy atom. The van der Waals surface area contributed by atoms with E-state index >= 15 is 0 Å². The van der Waals surface area contributed by atoms with Gasteiger partial charge in [-0.3, -0.25) is 14.4 Å². The van der Waals surface area contributed by atoms with E-state index in [1.807, 2.05) is 0 Å². The van der Waals surface area contributed by atoms with Crippen LogP contribution < -0.4 is 16.0 Å². The van der Waals surface area contributed by atoms with Gasteiger partial charge in [-0.25, -0.2) is 0 Å². The molecule has 3 amide bonds. The molecule has 0 aliphatic heterocycles. The lowest BCUT2D eigenvalue weighted by Gasteiger charge is -2.12. The topological polar surface area (TPSA) is 87.3 Å². The molecular formula is C30H22Cl3N3O3S. The SMILES string of the molecule is O=C(CSc1ccc(NC(=O)/C(=C/c2ccccc2Cl)NC(=O)c2ccccc2)cc1)Nc1cc(Cl)cc(Cl)c1. The molecule has 4 aromatic carbocycles. The van der Waals surface area contributed by atoms with Crippen molar-refractivity contribution in [3.05, 3.63) is 129 Å². The molecule has 40 heavy (non-hydrogen) atoms. The fourth-order valence-electron chi connectivity index (χ4n) is 3.49. The van der Waals surface area contributed by atoms with Gasteiger partial charge in [-0.1, -0.05) is 71.2 Å². The summed E-state index contributed by atoms with van der Waals surface area (Å²) in [6.07, 6.45) is 1.52. The molecule has 0 aromatic heterocycles. The van der Waals surface area contributed by atoms with E-state index in [1.165, 1.54) is 17.8 Å². The molecule has 4 rings (SSSR count). The normalized spacial score (nSPS) is 11.0. The molecule has 0 fully saturated rings. The van der Waals surface area contributed by atoms with Crippen molar-refractivity contribution in [2.45, 2.75) is 4.90 Å². The van der Waals surface area contributed by atoms with Gasteiger partial charge < -0.3 is 16.0 Å². The van der Waals surface area contributed by atoms with E-state index in [0.29, 0.717) is 37.6 Å². The zero-order valence-corrected chi connectivity index (χ0v) is 23.9. The van der Waals surface area contributed by atoms with Gasteiger partial charge in [-0.05, 0) is 72.3 Å². The van der Waals surface area contributed by atoms with E-state index in [2.05, 4.69) is 16.0 Å². The summed E-state index contributed by atoms with van der Waals surface area (Å²) in [4.78, 5) is 39.2. The summed E-state index contributed by atoms with van der Waals surface area (Å²) in [7, 11) is 0. The van der Waals surface area contributed by atoms with Gasteiger partial charge in [0, 0.05) is 36.9 Å². The second-order valence-electron chi connectivity index (χ2n) is 8.37. The van der Waals surface area contributed by atoms with Crippen LogP contribution >= 0.6 is 46.6 Å². The van der Waals surface area contributed by atoms with Gasteiger partial charge >= 0.3 is 0 Å². The molecule has 3 N–H and O–H groups in total. The summed E-state index contributed by atoms with van der Waals surface area (Å²) >= 11 is 19.6. The molecule has 6 nitrogen and oxygen atoms in total. The number of benzene rings is 4. The standard InChI is InChI=1S/C30H22Cl3N3O3S/c31-21-15-22(32)17-24(16-21)34-28(37)18-40-25-12-10-23(11-13-25)35-30(39)27(14-20-8-4-5-9-26(20)33)36-29(38)19-6-2-1-3-7-19/h1-17H,18H2,(H,34,37)(H,35,39)(H,36,38)/b27-14-. The molecule has 0 unspecified atom stereocenters. The molecule has 202 valence electrons. The van der Waals surface area contributed by atoms with Gasteiger partial charge in [0.1, 0.15) is 5.70 Å². The number of carbonyl (C=O) groups excluding carboxylic acids is 3. The van der Waals surface area contributed by atoms with E-state index in [-0.39, 0.29) is 17.4 Å². The summed E-state index contributed by atoms with van der Waals surface area (Å²) in [5, 5.41) is 9.53. The Bertz CT molecular complexity index is 1540. The summed E-state index contributed by atoms with van der Waals surface area (Å²) in [6.45, 7) is 0. The highest BCUT2D eigenvalue weighted by Crippen LogP contribution is 2.24. The van der Waals surface area contributed by atoms with Crippen LogP contribution in [0.3, 0.4) is 0 Å². The number of carbonyl (C=O) groups is 3. The van der Waals surface area contributed by atoms with Crippen molar-refractivity contribution in [3.63, 3.8) is 0 Å². The van der Waals surface area contributed by atoms with Gasteiger partial charge in [-0.15, -0.1) is 11.8 Å². The third kappa shape index (κ3) is 8.63. The van der Waals surface area contributed by atoms with Crippen molar-refractivity contribution in [2.24, 2.45) is 0 Å². The quantitative estimate of drug-likeness (QED) is 0.133. The number of rotatable bonds is 9. The van der Waals surface area contributed by atoms with Gasteiger partial charge in [0.05, 0.1) is 5.75 Å². The van der Waals surface area contributed by atoms with Crippen LogP contribution in [0, 0.1) is 0 Å². The van der Waals surface area contributed by atoms with Crippen molar-refractivity contribution in [1.29, 1.82) is 0 Å². The number of halogens is 3. The summed E-state index contributed by atoms with van der Waals surface area (Å²) in [5.74, 6) is -1.01. The fraction of sp³-hybridized carbons (Fsp3) is 0.0333. The average molecular weight is 611 g/mol. The van der Waals surface area contributed by atoms with Crippen molar-refractivity contribution in [1.82, 2.24) is 5.32 Å². The third-order valence-electron chi connectivity index (χ3n) is 5.36. The Morgan fingerprint density at radius 1 is 0.725 bits per heavy atom. The molecule has 0 bridgehead atoms. The Balaban J connectivity index is 1.41. The zero-order chi connectivity index (χ0) is 28.5. The molecule has 0 radical (unpaired) electrons. The molecule has 0 spiro atoms. The first-order chi connectivity index (χ1) is 19.3. The van der Waals surface area contributed by atoms with Crippen LogP contribution in [-0.4, -0.2) is 23.5 Å². The van der Waals surface area contributed by atoms with E-state index in [1.54, 1.807) is 97.1 Å². The first-order valence-electron chi connectivity index (χ1n) is 11.9. The van der Waals surface area contributed by atoms with Crippen LogP contribution in [0.2, 0.25) is 15.1 Å². The highest BCUT2D eigenvalue weighted by Gasteiger charge is 2.16. The maximum atomic E-state index is 13.2. The minimum atomic E-state index is -0.524. The van der Waals surface area contributed by atoms with Gasteiger partial charge in [0.25, 0.3) is 11.8 Å². The monoisotopic (exact) mass is 609 g/mol. The maximum Gasteiger partial charge on any atom is 0.272 e. The first kappa shape index (κ1) is 29.2. The first-order valence-corrected chi connectivity index (χ1v) is 14.0. The molecule has 0 saturated heterocycles. The second-order valence-corrected chi connectivity index (χ2v) is 10.7. The number of amides is 3. The van der Waals surface area contributed by atoms with E-state index in [9.17, 15) is 14.4 Å². The number of hydrogen-bond acceptors (Lipinski definition) is 4. The van der Waals surface area contributed by atoms with Crippen molar-refractivity contribution in [3.8, 4) is 0 Å². The predicted molar refractivity (Wildman–Crippen MR) is 164 cm³/mol. The minimum absolute atomic E-state index is 0.0261. The lowest BCUT2D eigenvalue weighted by molar-refractivity contribution is -0.114. The van der Waals surface area contributed by atoms with E-state index < -0.39 is 11.8 Å².